The normalized spacial score (nSPS) is 22.9. The monoisotopic (exact) mass is 294 g/mol. The highest BCUT2D eigenvalue weighted by Gasteiger charge is 2.28. The first-order valence-electron chi connectivity index (χ1n) is 7.76. The Labute approximate surface area is 126 Å². The fraction of sp³-hybridized carbons (Fsp3) is 0.800. The summed E-state index contributed by atoms with van der Waals surface area (Å²) >= 11 is 0. The summed E-state index contributed by atoms with van der Waals surface area (Å²) in [5.41, 5.74) is -0.458. The second-order valence-corrected chi connectivity index (χ2v) is 6.68. The fourth-order valence-electron chi connectivity index (χ4n) is 2.85. The minimum Gasteiger partial charge on any atom is -0.444 e. The van der Waals surface area contributed by atoms with Crippen molar-refractivity contribution in [3.05, 3.63) is 12.2 Å². The van der Waals surface area contributed by atoms with Crippen molar-refractivity contribution in [3.8, 4) is 0 Å². The van der Waals surface area contributed by atoms with Crippen molar-refractivity contribution in [1.29, 1.82) is 0 Å². The number of ether oxygens (including phenoxy) is 1. The average molecular weight is 294 g/mol. The average Bonchev–Trinajstić information content (AvgIpc) is 2.84. The van der Waals surface area contributed by atoms with E-state index in [0.717, 1.165) is 38.1 Å². The van der Waals surface area contributed by atoms with Crippen molar-refractivity contribution < 1.29 is 9.53 Å². The number of nitrogens with zero attached hydrogens (tertiary/aromatic N) is 3. The molecule has 0 saturated heterocycles. The lowest BCUT2D eigenvalue weighted by atomic mass is 9.85. The van der Waals surface area contributed by atoms with Crippen LogP contribution in [-0.4, -0.2) is 32.5 Å². The molecule has 1 heterocycles. The fourth-order valence-corrected chi connectivity index (χ4v) is 2.85. The molecule has 1 amide bonds. The molecule has 0 spiro atoms. The quantitative estimate of drug-likeness (QED) is 0.930. The highest BCUT2D eigenvalue weighted by Crippen LogP contribution is 2.31. The highest BCUT2D eigenvalue weighted by atomic mass is 16.6. The topological polar surface area (TPSA) is 69.0 Å². The zero-order chi connectivity index (χ0) is 15.5. The summed E-state index contributed by atoms with van der Waals surface area (Å²) in [7, 11) is 0. The Morgan fingerprint density at radius 2 is 2.24 bits per heavy atom. The number of hydrogen-bond acceptors (Lipinski definition) is 4. The molecule has 1 aliphatic rings. The van der Waals surface area contributed by atoms with E-state index in [-0.39, 0.29) is 12.1 Å². The number of rotatable bonds is 3. The molecule has 1 saturated carbocycles. The first-order valence-corrected chi connectivity index (χ1v) is 7.76. The molecule has 1 N–H and O–H groups in total. The van der Waals surface area contributed by atoms with Gasteiger partial charge in [-0.3, -0.25) is 0 Å². The van der Waals surface area contributed by atoms with Gasteiger partial charge in [0.05, 0.1) is 0 Å². The third-order valence-corrected chi connectivity index (χ3v) is 3.75. The van der Waals surface area contributed by atoms with Crippen molar-refractivity contribution in [2.75, 3.05) is 0 Å². The third-order valence-electron chi connectivity index (χ3n) is 3.75. The Kier molecular flexibility index (Phi) is 4.85. The van der Waals surface area contributed by atoms with Gasteiger partial charge in [0, 0.05) is 18.5 Å². The van der Waals surface area contributed by atoms with Gasteiger partial charge in [0.15, 0.2) is 0 Å². The zero-order valence-electron chi connectivity index (χ0n) is 13.4. The molecule has 1 aliphatic carbocycles. The number of nitrogens with one attached hydrogen (secondary N) is 1. The van der Waals surface area contributed by atoms with Crippen LogP contribution in [0.1, 0.15) is 65.1 Å². The van der Waals surface area contributed by atoms with Crippen LogP contribution in [0.4, 0.5) is 4.79 Å². The Morgan fingerprint density at radius 1 is 1.48 bits per heavy atom. The molecule has 118 valence electrons. The molecular weight excluding hydrogens is 268 g/mol. The van der Waals surface area contributed by atoms with Gasteiger partial charge < -0.3 is 14.6 Å². The molecule has 0 radical (unpaired) electrons. The summed E-state index contributed by atoms with van der Waals surface area (Å²) in [4.78, 5) is 11.9. The van der Waals surface area contributed by atoms with Gasteiger partial charge in [-0.2, -0.15) is 0 Å². The van der Waals surface area contributed by atoms with Gasteiger partial charge in [-0.05, 0) is 47.0 Å². The first kappa shape index (κ1) is 15.8. The number of alkyl carbamates (subject to hydrolysis) is 1. The van der Waals surface area contributed by atoms with Gasteiger partial charge in [-0.25, -0.2) is 4.79 Å². The van der Waals surface area contributed by atoms with Crippen LogP contribution in [0.15, 0.2) is 6.33 Å². The number of hydrogen-bond donors (Lipinski definition) is 1. The minimum absolute atomic E-state index is 0.153. The lowest BCUT2D eigenvalue weighted by Crippen LogP contribution is -2.41. The van der Waals surface area contributed by atoms with E-state index in [2.05, 4.69) is 27.0 Å². The molecule has 2 rings (SSSR count). The van der Waals surface area contributed by atoms with E-state index in [1.54, 1.807) is 6.33 Å². The van der Waals surface area contributed by atoms with Gasteiger partial charge in [-0.15, -0.1) is 10.2 Å². The number of carbonyl (C=O) groups is 1. The van der Waals surface area contributed by atoms with Crippen molar-refractivity contribution in [3.63, 3.8) is 0 Å². The van der Waals surface area contributed by atoms with Crippen LogP contribution in [0.5, 0.6) is 0 Å². The third kappa shape index (κ3) is 4.44. The smallest absolute Gasteiger partial charge is 0.407 e. The minimum atomic E-state index is -0.458. The molecule has 0 aliphatic heterocycles. The number of aryl methyl sites for hydroxylation is 1. The van der Waals surface area contributed by atoms with Crippen LogP contribution in [-0.2, 0) is 11.3 Å². The van der Waals surface area contributed by atoms with Gasteiger partial charge in [0.1, 0.15) is 17.8 Å². The predicted octanol–water partition coefficient (Wildman–Crippen LogP) is 2.85. The molecular formula is C15H26N4O2. The maximum atomic E-state index is 11.9. The van der Waals surface area contributed by atoms with Crippen molar-refractivity contribution in [2.45, 2.75) is 77.5 Å². The summed E-state index contributed by atoms with van der Waals surface area (Å²) in [5.74, 6) is 1.40. The Hall–Kier alpha value is -1.59. The summed E-state index contributed by atoms with van der Waals surface area (Å²) in [5, 5.41) is 11.2. The van der Waals surface area contributed by atoms with E-state index >= 15 is 0 Å². The van der Waals surface area contributed by atoms with Gasteiger partial charge >= 0.3 is 6.09 Å². The summed E-state index contributed by atoms with van der Waals surface area (Å²) in [6, 6.07) is 0.153. The van der Waals surface area contributed by atoms with Crippen LogP contribution < -0.4 is 5.32 Å². The SMILES string of the molecule is CCn1cnnc1[C@H]1CCC[C@@H](NC(=O)OC(C)(C)C)C1. The van der Waals surface area contributed by atoms with Crippen molar-refractivity contribution >= 4 is 6.09 Å². The Balaban J connectivity index is 1.93. The molecule has 6 nitrogen and oxygen atoms in total. The predicted molar refractivity (Wildman–Crippen MR) is 80.1 cm³/mol. The number of carbonyl (C=O) groups excluding carboxylic acids is 1. The van der Waals surface area contributed by atoms with E-state index in [1.807, 2.05) is 20.8 Å². The maximum Gasteiger partial charge on any atom is 0.407 e. The van der Waals surface area contributed by atoms with Crippen molar-refractivity contribution in [2.24, 2.45) is 0 Å². The molecule has 6 heteroatoms. The van der Waals surface area contributed by atoms with Gasteiger partial charge in [0.2, 0.25) is 0 Å². The summed E-state index contributed by atoms with van der Waals surface area (Å²) in [6.45, 7) is 8.59. The number of amides is 1. The molecule has 0 bridgehead atoms. The maximum absolute atomic E-state index is 11.9. The van der Waals surface area contributed by atoms with E-state index in [4.69, 9.17) is 4.74 Å². The molecule has 0 unspecified atom stereocenters. The standard InChI is InChI=1S/C15H26N4O2/c1-5-19-10-16-18-13(19)11-7-6-8-12(9-11)17-14(20)21-15(2,3)4/h10-12H,5-9H2,1-4H3,(H,17,20)/t11-,12+/m0/s1. The van der Waals surface area contributed by atoms with Crippen molar-refractivity contribution in [1.82, 2.24) is 20.1 Å². The molecule has 2 atom stereocenters. The lowest BCUT2D eigenvalue weighted by molar-refractivity contribution is 0.0490. The van der Waals surface area contributed by atoms with E-state index in [0.29, 0.717) is 5.92 Å². The Bertz CT molecular complexity index is 478. The lowest BCUT2D eigenvalue weighted by Gasteiger charge is -2.30. The second kappa shape index (κ2) is 6.45. The second-order valence-electron chi connectivity index (χ2n) is 6.68. The number of aromatic nitrogens is 3. The molecule has 21 heavy (non-hydrogen) atoms. The van der Waals surface area contributed by atoms with Crippen LogP contribution >= 0.6 is 0 Å². The highest BCUT2D eigenvalue weighted by molar-refractivity contribution is 5.68. The van der Waals surface area contributed by atoms with Crippen LogP contribution in [0.2, 0.25) is 0 Å². The molecule has 1 aromatic heterocycles. The Morgan fingerprint density at radius 3 is 2.90 bits per heavy atom. The van der Waals surface area contributed by atoms with Crippen LogP contribution in [0, 0.1) is 0 Å². The summed E-state index contributed by atoms with van der Waals surface area (Å²) in [6.07, 6.45) is 5.53. The van der Waals surface area contributed by atoms with Crippen LogP contribution in [0.3, 0.4) is 0 Å². The zero-order valence-corrected chi connectivity index (χ0v) is 13.4. The summed E-state index contributed by atoms with van der Waals surface area (Å²) < 4.78 is 7.41. The van der Waals surface area contributed by atoms with Gasteiger partial charge in [0.25, 0.3) is 0 Å². The van der Waals surface area contributed by atoms with Crippen LogP contribution in [0.25, 0.3) is 0 Å². The van der Waals surface area contributed by atoms with E-state index < -0.39 is 5.60 Å². The van der Waals surface area contributed by atoms with Gasteiger partial charge in [-0.1, -0.05) is 6.42 Å². The van der Waals surface area contributed by atoms with E-state index in [9.17, 15) is 4.79 Å². The van der Waals surface area contributed by atoms with E-state index in [1.165, 1.54) is 0 Å². The largest absolute Gasteiger partial charge is 0.444 e. The molecule has 1 fully saturated rings. The first-order chi connectivity index (χ1) is 9.89. The molecule has 1 aromatic rings. The molecule has 0 aromatic carbocycles.